The molecule has 0 bridgehead atoms. The molecular formula is C21H14F2N2S. The SMILES string of the molecule is Fc1ccc(-c2nc3ccc(C4(c5ccccc5)CC4)nc3s2)c(F)c1. The van der Waals surface area contributed by atoms with Crippen LogP contribution < -0.4 is 0 Å². The maximum atomic E-state index is 14.1. The number of nitrogens with zero attached hydrogens (tertiary/aromatic N) is 2. The van der Waals surface area contributed by atoms with Gasteiger partial charge in [-0.3, -0.25) is 0 Å². The zero-order valence-corrected chi connectivity index (χ0v) is 14.6. The van der Waals surface area contributed by atoms with Crippen molar-refractivity contribution in [1.29, 1.82) is 0 Å². The molecule has 0 N–H and O–H groups in total. The van der Waals surface area contributed by atoms with Crippen LogP contribution in [-0.4, -0.2) is 9.97 Å². The fourth-order valence-corrected chi connectivity index (χ4v) is 4.40. The van der Waals surface area contributed by atoms with Crippen molar-refractivity contribution in [2.75, 3.05) is 0 Å². The van der Waals surface area contributed by atoms with Crippen molar-refractivity contribution in [3.05, 3.63) is 83.6 Å². The number of rotatable bonds is 3. The molecule has 0 spiro atoms. The van der Waals surface area contributed by atoms with Gasteiger partial charge in [-0.1, -0.05) is 41.7 Å². The first-order valence-corrected chi connectivity index (χ1v) is 9.26. The van der Waals surface area contributed by atoms with Gasteiger partial charge in [-0.05, 0) is 42.7 Å². The number of hydrogen-bond acceptors (Lipinski definition) is 3. The third-order valence-corrected chi connectivity index (χ3v) is 5.98. The summed E-state index contributed by atoms with van der Waals surface area (Å²) in [5, 5.41) is 0.520. The number of thiazole rings is 1. The van der Waals surface area contributed by atoms with Gasteiger partial charge in [0.05, 0.1) is 5.69 Å². The van der Waals surface area contributed by atoms with E-state index in [1.165, 1.54) is 29.0 Å². The van der Waals surface area contributed by atoms with Crippen LogP contribution in [0.1, 0.15) is 24.1 Å². The predicted molar refractivity (Wildman–Crippen MR) is 99.2 cm³/mol. The summed E-state index contributed by atoms with van der Waals surface area (Å²) < 4.78 is 27.2. The van der Waals surface area contributed by atoms with Crippen molar-refractivity contribution in [3.8, 4) is 10.6 Å². The Labute approximate surface area is 153 Å². The van der Waals surface area contributed by atoms with Gasteiger partial charge in [-0.2, -0.15) is 0 Å². The Bertz CT molecular complexity index is 1120. The van der Waals surface area contributed by atoms with E-state index in [4.69, 9.17) is 4.98 Å². The molecule has 1 aliphatic rings. The highest BCUT2D eigenvalue weighted by molar-refractivity contribution is 7.21. The number of halogens is 2. The van der Waals surface area contributed by atoms with Gasteiger partial charge in [-0.25, -0.2) is 18.7 Å². The summed E-state index contributed by atoms with van der Waals surface area (Å²) in [6.07, 6.45) is 2.15. The average molecular weight is 364 g/mol. The fraction of sp³-hybridized carbons (Fsp3) is 0.143. The molecule has 128 valence electrons. The van der Waals surface area contributed by atoms with E-state index in [-0.39, 0.29) is 5.41 Å². The summed E-state index contributed by atoms with van der Waals surface area (Å²) >= 11 is 1.34. The van der Waals surface area contributed by atoms with Gasteiger partial charge >= 0.3 is 0 Å². The van der Waals surface area contributed by atoms with Crippen molar-refractivity contribution >= 4 is 21.7 Å². The molecule has 2 aromatic heterocycles. The number of pyridine rings is 1. The topological polar surface area (TPSA) is 25.8 Å². The highest BCUT2D eigenvalue weighted by Gasteiger charge is 2.47. The summed E-state index contributed by atoms with van der Waals surface area (Å²) in [5.41, 5.74) is 3.34. The van der Waals surface area contributed by atoms with E-state index in [0.717, 1.165) is 34.9 Å². The molecule has 0 aliphatic heterocycles. The van der Waals surface area contributed by atoms with Gasteiger partial charge in [0, 0.05) is 17.0 Å². The van der Waals surface area contributed by atoms with Gasteiger partial charge in [0.15, 0.2) is 0 Å². The molecule has 0 saturated heterocycles. The normalized spacial score (nSPS) is 15.3. The van der Waals surface area contributed by atoms with Gasteiger partial charge in [-0.15, -0.1) is 0 Å². The molecular weight excluding hydrogens is 350 g/mol. The first kappa shape index (κ1) is 15.6. The minimum atomic E-state index is -0.604. The van der Waals surface area contributed by atoms with Crippen molar-refractivity contribution < 1.29 is 8.78 Å². The van der Waals surface area contributed by atoms with Crippen LogP contribution in [0.2, 0.25) is 0 Å². The van der Waals surface area contributed by atoms with Crippen molar-refractivity contribution in [1.82, 2.24) is 9.97 Å². The van der Waals surface area contributed by atoms with E-state index in [2.05, 4.69) is 29.2 Å². The van der Waals surface area contributed by atoms with E-state index in [9.17, 15) is 8.78 Å². The average Bonchev–Trinajstić information content (AvgIpc) is 3.36. The summed E-state index contributed by atoms with van der Waals surface area (Å²) in [5.74, 6) is -1.20. The molecule has 26 heavy (non-hydrogen) atoms. The third kappa shape index (κ3) is 2.42. The Hall–Kier alpha value is -2.66. The Kier molecular flexibility index (Phi) is 3.40. The number of hydrogen-bond donors (Lipinski definition) is 0. The quantitative estimate of drug-likeness (QED) is 0.465. The van der Waals surface area contributed by atoms with Crippen LogP contribution in [0, 0.1) is 11.6 Å². The lowest BCUT2D eigenvalue weighted by molar-refractivity contribution is 0.585. The third-order valence-electron chi connectivity index (χ3n) is 4.98. The van der Waals surface area contributed by atoms with Crippen LogP contribution in [0.5, 0.6) is 0 Å². The second kappa shape index (κ2) is 5.68. The van der Waals surface area contributed by atoms with Crippen LogP contribution in [0.15, 0.2) is 60.7 Å². The Morgan fingerprint density at radius 3 is 2.42 bits per heavy atom. The second-order valence-corrected chi connectivity index (χ2v) is 7.59. The van der Waals surface area contributed by atoms with Crippen molar-refractivity contribution in [2.24, 2.45) is 0 Å². The number of fused-ring (bicyclic) bond motifs is 1. The first-order chi connectivity index (χ1) is 12.7. The molecule has 1 fully saturated rings. The highest BCUT2D eigenvalue weighted by atomic mass is 32.1. The van der Waals surface area contributed by atoms with Gasteiger partial charge in [0.25, 0.3) is 0 Å². The van der Waals surface area contributed by atoms with E-state index in [0.29, 0.717) is 10.6 Å². The molecule has 0 atom stereocenters. The van der Waals surface area contributed by atoms with Crippen LogP contribution in [0.25, 0.3) is 20.9 Å². The van der Waals surface area contributed by atoms with E-state index >= 15 is 0 Å². The van der Waals surface area contributed by atoms with Crippen LogP contribution >= 0.6 is 11.3 Å². The molecule has 4 aromatic rings. The van der Waals surface area contributed by atoms with E-state index in [1.54, 1.807) is 0 Å². The van der Waals surface area contributed by atoms with E-state index < -0.39 is 11.6 Å². The lowest BCUT2D eigenvalue weighted by atomic mass is 9.92. The minimum Gasteiger partial charge on any atom is -0.239 e. The molecule has 0 radical (unpaired) electrons. The smallest absolute Gasteiger partial charge is 0.144 e. The van der Waals surface area contributed by atoms with Crippen LogP contribution in [-0.2, 0) is 5.41 Å². The van der Waals surface area contributed by atoms with Crippen molar-refractivity contribution in [3.63, 3.8) is 0 Å². The molecule has 2 aromatic carbocycles. The Morgan fingerprint density at radius 2 is 1.69 bits per heavy atom. The minimum absolute atomic E-state index is 0.0132. The molecule has 5 rings (SSSR count). The molecule has 5 heteroatoms. The Balaban J connectivity index is 1.59. The number of benzene rings is 2. The maximum absolute atomic E-state index is 14.1. The van der Waals surface area contributed by atoms with Crippen molar-refractivity contribution in [2.45, 2.75) is 18.3 Å². The standard InChI is InChI=1S/C21H14F2N2S/c22-14-6-7-15(16(23)12-14)19-24-17-8-9-18(25-20(17)26-19)21(10-11-21)13-4-2-1-3-5-13/h1-9,12H,10-11H2. The summed E-state index contributed by atoms with van der Waals surface area (Å²) in [7, 11) is 0. The monoisotopic (exact) mass is 364 g/mol. The first-order valence-electron chi connectivity index (χ1n) is 8.45. The molecule has 1 aliphatic carbocycles. The predicted octanol–water partition coefficient (Wildman–Crippen LogP) is 5.72. The van der Waals surface area contributed by atoms with Gasteiger partial charge in [0.1, 0.15) is 27.0 Å². The zero-order chi connectivity index (χ0) is 17.7. The molecule has 2 nitrogen and oxygen atoms in total. The summed E-state index contributed by atoms with van der Waals surface area (Å²) in [6.45, 7) is 0. The number of aromatic nitrogens is 2. The largest absolute Gasteiger partial charge is 0.239 e. The highest BCUT2D eigenvalue weighted by Crippen LogP contribution is 2.53. The van der Waals surface area contributed by atoms with Gasteiger partial charge in [0.2, 0.25) is 0 Å². The fourth-order valence-electron chi connectivity index (χ4n) is 3.44. The van der Waals surface area contributed by atoms with E-state index in [1.807, 2.05) is 18.2 Å². The van der Waals surface area contributed by atoms with Crippen LogP contribution in [0.4, 0.5) is 8.78 Å². The maximum Gasteiger partial charge on any atom is 0.144 e. The summed E-state index contributed by atoms with van der Waals surface area (Å²) in [4.78, 5) is 10.1. The summed E-state index contributed by atoms with van der Waals surface area (Å²) in [6, 6.07) is 17.9. The molecule has 0 amide bonds. The second-order valence-electron chi connectivity index (χ2n) is 6.61. The zero-order valence-electron chi connectivity index (χ0n) is 13.7. The molecule has 0 unspecified atom stereocenters. The molecule has 1 saturated carbocycles. The molecule has 2 heterocycles. The van der Waals surface area contributed by atoms with Gasteiger partial charge < -0.3 is 0 Å². The Morgan fingerprint density at radius 1 is 0.885 bits per heavy atom. The lowest BCUT2D eigenvalue weighted by Gasteiger charge is -2.14. The lowest BCUT2D eigenvalue weighted by Crippen LogP contribution is -2.10. The van der Waals surface area contributed by atoms with Crippen LogP contribution in [0.3, 0.4) is 0 Å².